The van der Waals surface area contributed by atoms with Crippen LogP contribution in [0.25, 0.3) is 16.6 Å². The van der Waals surface area contributed by atoms with Crippen LogP contribution in [0.15, 0.2) is 48.7 Å². The zero-order valence-corrected chi connectivity index (χ0v) is 19.8. The number of nitrogens with one attached hydrogen (secondary N) is 1. The van der Waals surface area contributed by atoms with Gasteiger partial charge in [-0.1, -0.05) is 23.8 Å². The van der Waals surface area contributed by atoms with Gasteiger partial charge in [0.05, 0.1) is 40.6 Å². The van der Waals surface area contributed by atoms with E-state index in [1.807, 2.05) is 29.8 Å². The molecule has 0 saturated carbocycles. The summed E-state index contributed by atoms with van der Waals surface area (Å²) in [5.74, 6) is 0.681. The molecule has 0 aliphatic carbocycles. The number of hydrogen-bond acceptors (Lipinski definition) is 6. The largest absolute Gasteiger partial charge is 0.352 e. The molecule has 1 atom stereocenters. The Morgan fingerprint density at radius 1 is 1.09 bits per heavy atom. The van der Waals surface area contributed by atoms with Crippen LogP contribution in [0.3, 0.4) is 0 Å². The summed E-state index contributed by atoms with van der Waals surface area (Å²) in [6, 6.07) is 14.0. The van der Waals surface area contributed by atoms with Crippen molar-refractivity contribution in [3.63, 3.8) is 0 Å². The van der Waals surface area contributed by atoms with Crippen LogP contribution in [-0.2, 0) is 11.3 Å². The van der Waals surface area contributed by atoms with Crippen molar-refractivity contribution in [2.45, 2.75) is 40.2 Å². The van der Waals surface area contributed by atoms with Gasteiger partial charge >= 0.3 is 0 Å². The molecule has 5 rings (SSSR count). The molecule has 0 unspecified atom stereocenters. The molecule has 4 heterocycles. The molecule has 1 amide bonds. The Morgan fingerprint density at radius 3 is 2.68 bits per heavy atom. The molecule has 1 aliphatic rings. The Hall–Kier alpha value is -3.81. The normalized spacial score (nSPS) is 16.1. The fraction of sp³-hybridized carbons (Fsp3) is 0.346. The lowest BCUT2D eigenvalue weighted by Crippen LogP contribution is -2.43. The molecule has 1 aromatic carbocycles. The summed E-state index contributed by atoms with van der Waals surface area (Å²) < 4.78 is 1.96. The number of anilines is 1. The van der Waals surface area contributed by atoms with Gasteiger partial charge < -0.3 is 10.2 Å². The lowest BCUT2D eigenvalue weighted by molar-refractivity contribution is -0.125. The predicted molar refractivity (Wildman–Crippen MR) is 132 cm³/mol. The van der Waals surface area contributed by atoms with Crippen LogP contribution in [0, 0.1) is 26.7 Å². The molecule has 1 saturated heterocycles. The number of pyridine rings is 1. The van der Waals surface area contributed by atoms with Crippen molar-refractivity contribution in [1.82, 2.24) is 30.3 Å². The van der Waals surface area contributed by atoms with Crippen molar-refractivity contribution in [1.29, 1.82) is 0 Å². The highest BCUT2D eigenvalue weighted by Crippen LogP contribution is 2.31. The van der Waals surface area contributed by atoms with Crippen molar-refractivity contribution in [2.75, 3.05) is 18.0 Å². The van der Waals surface area contributed by atoms with Crippen LogP contribution < -0.4 is 10.2 Å². The van der Waals surface area contributed by atoms with Crippen LogP contribution >= 0.6 is 0 Å². The predicted octanol–water partition coefficient (Wildman–Crippen LogP) is 3.67. The fourth-order valence-corrected chi connectivity index (χ4v) is 4.67. The standard InChI is InChI=1S/C26H29N7O/c1-17-9-11-22(12-10-17)33-19(3)23-18(2)29-30-25(24(23)31-33)32-14-6-7-20(16-32)26(34)28-15-21-8-4-5-13-27-21/h4-5,8-13,20H,6-7,14-16H2,1-3H3,(H,28,34)/t20-/m0/s1. The quantitative estimate of drug-likeness (QED) is 0.494. The number of aromatic nitrogens is 5. The second kappa shape index (κ2) is 9.21. The van der Waals surface area contributed by atoms with E-state index in [4.69, 9.17) is 5.10 Å². The maximum atomic E-state index is 12.9. The Balaban J connectivity index is 1.41. The molecule has 0 bridgehead atoms. The van der Waals surface area contributed by atoms with Gasteiger partial charge in [-0.2, -0.15) is 10.2 Å². The summed E-state index contributed by atoms with van der Waals surface area (Å²) in [7, 11) is 0. The first-order valence-electron chi connectivity index (χ1n) is 11.7. The van der Waals surface area contributed by atoms with E-state index in [1.165, 1.54) is 5.56 Å². The molecular weight excluding hydrogens is 426 g/mol. The second-order valence-electron chi connectivity index (χ2n) is 8.99. The summed E-state index contributed by atoms with van der Waals surface area (Å²) >= 11 is 0. The zero-order chi connectivity index (χ0) is 23.7. The number of aryl methyl sites for hydroxylation is 3. The topological polar surface area (TPSA) is 88.8 Å². The van der Waals surface area contributed by atoms with E-state index >= 15 is 0 Å². The number of nitrogens with zero attached hydrogens (tertiary/aromatic N) is 6. The van der Waals surface area contributed by atoms with E-state index in [0.717, 1.165) is 58.9 Å². The van der Waals surface area contributed by atoms with Gasteiger partial charge in [0.1, 0.15) is 5.52 Å². The SMILES string of the molecule is Cc1ccc(-n2nc3c(N4CCC[C@H](C(=O)NCc5ccccn5)C4)nnc(C)c3c2C)cc1. The lowest BCUT2D eigenvalue weighted by Gasteiger charge is -2.32. The highest BCUT2D eigenvalue weighted by atomic mass is 16.1. The van der Waals surface area contributed by atoms with Crippen LogP contribution in [0.4, 0.5) is 5.82 Å². The number of piperidine rings is 1. The van der Waals surface area contributed by atoms with Gasteiger partial charge in [-0.25, -0.2) is 4.68 Å². The maximum Gasteiger partial charge on any atom is 0.225 e. The van der Waals surface area contributed by atoms with E-state index in [9.17, 15) is 4.79 Å². The van der Waals surface area contributed by atoms with E-state index in [1.54, 1.807) is 6.20 Å². The summed E-state index contributed by atoms with van der Waals surface area (Å²) in [4.78, 5) is 19.4. The Bertz CT molecular complexity index is 1310. The maximum absolute atomic E-state index is 12.9. The lowest BCUT2D eigenvalue weighted by atomic mass is 9.97. The smallest absolute Gasteiger partial charge is 0.225 e. The number of benzene rings is 1. The Labute approximate surface area is 199 Å². The monoisotopic (exact) mass is 455 g/mol. The van der Waals surface area contributed by atoms with E-state index < -0.39 is 0 Å². The zero-order valence-electron chi connectivity index (χ0n) is 19.8. The molecule has 3 aromatic heterocycles. The molecule has 1 N–H and O–H groups in total. The van der Waals surface area contributed by atoms with Crippen molar-refractivity contribution in [3.8, 4) is 5.69 Å². The van der Waals surface area contributed by atoms with Crippen molar-refractivity contribution in [3.05, 3.63) is 71.3 Å². The molecule has 1 aliphatic heterocycles. The third-order valence-corrected chi connectivity index (χ3v) is 6.52. The summed E-state index contributed by atoms with van der Waals surface area (Å²) in [5.41, 5.74) is 5.80. The van der Waals surface area contributed by atoms with Gasteiger partial charge in [0.2, 0.25) is 5.91 Å². The molecular formula is C26H29N7O. The summed E-state index contributed by atoms with van der Waals surface area (Å²) in [5, 5.41) is 18.0. The van der Waals surface area contributed by atoms with Crippen molar-refractivity contribution < 1.29 is 4.79 Å². The molecule has 8 heteroatoms. The molecule has 0 spiro atoms. The fourth-order valence-electron chi connectivity index (χ4n) is 4.67. The first kappa shape index (κ1) is 22.0. The van der Waals surface area contributed by atoms with Gasteiger partial charge in [-0.3, -0.25) is 9.78 Å². The molecule has 4 aromatic rings. The van der Waals surface area contributed by atoms with Gasteiger partial charge in [0.15, 0.2) is 5.82 Å². The van der Waals surface area contributed by atoms with E-state index in [-0.39, 0.29) is 11.8 Å². The van der Waals surface area contributed by atoms with Crippen molar-refractivity contribution >= 4 is 22.6 Å². The minimum Gasteiger partial charge on any atom is -0.352 e. The van der Waals surface area contributed by atoms with Gasteiger partial charge in [-0.15, -0.1) is 5.10 Å². The van der Waals surface area contributed by atoms with Crippen LogP contribution in [0.5, 0.6) is 0 Å². The number of amides is 1. The first-order valence-corrected chi connectivity index (χ1v) is 11.7. The molecule has 0 radical (unpaired) electrons. The Morgan fingerprint density at radius 2 is 1.91 bits per heavy atom. The molecule has 174 valence electrons. The Kier molecular flexibility index (Phi) is 5.96. The third kappa shape index (κ3) is 4.23. The summed E-state index contributed by atoms with van der Waals surface area (Å²) in [6.45, 7) is 7.97. The van der Waals surface area contributed by atoms with Crippen molar-refractivity contribution in [2.24, 2.45) is 5.92 Å². The van der Waals surface area contributed by atoms with Gasteiger partial charge in [0, 0.05) is 19.3 Å². The minimum atomic E-state index is -0.115. The number of carbonyl (C=O) groups is 1. The molecule has 34 heavy (non-hydrogen) atoms. The number of rotatable bonds is 5. The van der Waals surface area contributed by atoms with E-state index in [0.29, 0.717) is 13.1 Å². The third-order valence-electron chi connectivity index (χ3n) is 6.52. The number of fused-ring (bicyclic) bond motifs is 1. The van der Waals surface area contributed by atoms with Gasteiger partial charge in [-0.05, 0) is 57.9 Å². The average molecular weight is 456 g/mol. The number of hydrogen-bond donors (Lipinski definition) is 1. The second-order valence-corrected chi connectivity index (χ2v) is 8.99. The van der Waals surface area contributed by atoms with Crippen LogP contribution in [0.2, 0.25) is 0 Å². The number of carbonyl (C=O) groups excluding carboxylic acids is 1. The minimum absolute atomic E-state index is 0.0491. The van der Waals surface area contributed by atoms with E-state index in [2.05, 4.69) is 63.5 Å². The molecule has 8 nitrogen and oxygen atoms in total. The average Bonchev–Trinajstić information content (AvgIpc) is 3.22. The summed E-state index contributed by atoms with van der Waals surface area (Å²) in [6.07, 6.45) is 3.50. The first-order chi connectivity index (χ1) is 16.5. The highest BCUT2D eigenvalue weighted by molar-refractivity contribution is 5.92. The van der Waals surface area contributed by atoms with Crippen LogP contribution in [-0.4, -0.2) is 44.0 Å². The highest BCUT2D eigenvalue weighted by Gasteiger charge is 2.29. The van der Waals surface area contributed by atoms with Gasteiger partial charge in [0.25, 0.3) is 0 Å². The van der Waals surface area contributed by atoms with Crippen LogP contribution in [0.1, 0.15) is 35.5 Å². The molecule has 1 fully saturated rings.